The first-order valence-electron chi connectivity index (χ1n) is 6.05. The predicted octanol–water partition coefficient (Wildman–Crippen LogP) is 1.29. The normalized spacial score (nSPS) is 22.9. The fourth-order valence-corrected chi connectivity index (χ4v) is 1.78. The Morgan fingerprint density at radius 2 is 2.50 bits per heavy atom. The van der Waals surface area contributed by atoms with Crippen molar-refractivity contribution >= 4 is 5.96 Å². The summed E-state index contributed by atoms with van der Waals surface area (Å²) >= 11 is 0. The van der Waals surface area contributed by atoms with Gasteiger partial charge in [-0.15, -0.1) is 6.58 Å². The van der Waals surface area contributed by atoms with Crippen molar-refractivity contribution in [3.05, 3.63) is 12.7 Å². The smallest absolute Gasteiger partial charge is 0.191 e. The molecule has 16 heavy (non-hydrogen) atoms. The summed E-state index contributed by atoms with van der Waals surface area (Å²) < 4.78 is 5.63. The van der Waals surface area contributed by atoms with E-state index in [2.05, 4.69) is 36.1 Å². The molecule has 0 aromatic rings. The van der Waals surface area contributed by atoms with Gasteiger partial charge in [-0.1, -0.05) is 6.08 Å². The lowest BCUT2D eigenvalue weighted by Crippen LogP contribution is -2.47. The topological polar surface area (TPSA) is 45.7 Å². The van der Waals surface area contributed by atoms with Gasteiger partial charge in [0.05, 0.1) is 18.7 Å². The van der Waals surface area contributed by atoms with Crippen molar-refractivity contribution in [3.63, 3.8) is 0 Å². The molecule has 92 valence electrons. The molecule has 4 nitrogen and oxygen atoms in total. The summed E-state index contributed by atoms with van der Waals surface area (Å²) in [6.07, 6.45) is 4.40. The number of guanidine groups is 1. The van der Waals surface area contributed by atoms with Gasteiger partial charge in [-0.2, -0.15) is 0 Å². The van der Waals surface area contributed by atoms with Gasteiger partial charge in [0.25, 0.3) is 0 Å². The van der Waals surface area contributed by atoms with Crippen LogP contribution in [0.3, 0.4) is 0 Å². The van der Waals surface area contributed by atoms with E-state index in [1.807, 2.05) is 0 Å². The molecule has 0 unspecified atom stereocenters. The van der Waals surface area contributed by atoms with Gasteiger partial charge in [0, 0.05) is 13.2 Å². The standard InChI is InChI=1S/C12H23N3O/c1-4-8-14-12(13-5-2)15-10(3)11-7-6-9-16-11/h4,10-11H,1,5-9H2,2-3H3,(H2,13,14,15)/t10-,11-/m1/s1. The number of hydrogen-bond donors (Lipinski definition) is 2. The maximum atomic E-state index is 5.63. The highest BCUT2D eigenvalue weighted by molar-refractivity contribution is 5.80. The zero-order valence-corrected chi connectivity index (χ0v) is 10.3. The summed E-state index contributed by atoms with van der Waals surface area (Å²) in [6, 6.07) is 0.296. The van der Waals surface area contributed by atoms with E-state index in [1.54, 1.807) is 6.08 Å². The molecule has 0 aromatic heterocycles. The highest BCUT2D eigenvalue weighted by atomic mass is 16.5. The molecule has 1 rings (SSSR count). The summed E-state index contributed by atoms with van der Waals surface area (Å²) in [7, 11) is 0. The van der Waals surface area contributed by atoms with Crippen LogP contribution in [0.15, 0.2) is 17.6 Å². The first-order valence-corrected chi connectivity index (χ1v) is 6.05. The molecule has 4 heteroatoms. The minimum Gasteiger partial charge on any atom is -0.376 e. The number of nitrogens with one attached hydrogen (secondary N) is 2. The Labute approximate surface area is 98.2 Å². The molecule has 0 aliphatic carbocycles. The van der Waals surface area contributed by atoms with Crippen LogP contribution in [-0.4, -0.2) is 37.8 Å². The van der Waals surface area contributed by atoms with Crippen molar-refractivity contribution in [1.29, 1.82) is 0 Å². The number of hydrogen-bond acceptors (Lipinski definition) is 2. The van der Waals surface area contributed by atoms with E-state index in [1.165, 1.54) is 0 Å². The summed E-state index contributed by atoms with van der Waals surface area (Å²) in [6.45, 7) is 10.2. The SMILES string of the molecule is C=CCN=C(NCC)N[C@H](C)[C@H]1CCCO1. The quantitative estimate of drug-likeness (QED) is 0.421. The maximum absolute atomic E-state index is 5.63. The zero-order valence-electron chi connectivity index (χ0n) is 10.3. The minimum absolute atomic E-state index is 0.296. The van der Waals surface area contributed by atoms with Crippen LogP contribution in [0.5, 0.6) is 0 Å². The Morgan fingerprint density at radius 3 is 3.06 bits per heavy atom. The molecule has 0 bridgehead atoms. The number of rotatable bonds is 5. The Hall–Kier alpha value is -1.03. The fourth-order valence-electron chi connectivity index (χ4n) is 1.78. The van der Waals surface area contributed by atoms with E-state index in [-0.39, 0.29) is 0 Å². The Bertz CT molecular complexity index is 234. The summed E-state index contributed by atoms with van der Waals surface area (Å²) in [5.41, 5.74) is 0. The molecule has 0 saturated carbocycles. The highest BCUT2D eigenvalue weighted by Gasteiger charge is 2.22. The summed E-state index contributed by atoms with van der Waals surface area (Å²) in [5.74, 6) is 0.838. The third-order valence-corrected chi connectivity index (χ3v) is 2.61. The third kappa shape index (κ3) is 4.23. The lowest BCUT2D eigenvalue weighted by molar-refractivity contribution is 0.0890. The van der Waals surface area contributed by atoms with Gasteiger partial charge in [-0.05, 0) is 26.7 Å². The third-order valence-electron chi connectivity index (χ3n) is 2.61. The van der Waals surface area contributed by atoms with Crippen LogP contribution in [-0.2, 0) is 4.74 Å². The van der Waals surface area contributed by atoms with Crippen LogP contribution < -0.4 is 10.6 Å². The van der Waals surface area contributed by atoms with Gasteiger partial charge in [-0.3, -0.25) is 0 Å². The van der Waals surface area contributed by atoms with Gasteiger partial charge in [0.15, 0.2) is 5.96 Å². The monoisotopic (exact) mass is 225 g/mol. The van der Waals surface area contributed by atoms with E-state index in [4.69, 9.17) is 4.74 Å². The number of aliphatic imine (C=N–C) groups is 1. The average Bonchev–Trinajstić information content (AvgIpc) is 2.79. The molecule has 1 saturated heterocycles. The fraction of sp³-hybridized carbons (Fsp3) is 0.750. The van der Waals surface area contributed by atoms with Gasteiger partial charge in [0.1, 0.15) is 0 Å². The molecule has 0 amide bonds. The largest absolute Gasteiger partial charge is 0.376 e. The molecule has 1 fully saturated rings. The van der Waals surface area contributed by atoms with Crippen molar-refractivity contribution in [2.45, 2.75) is 38.8 Å². The van der Waals surface area contributed by atoms with E-state index in [0.717, 1.165) is 32.0 Å². The lowest BCUT2D eigenvalue weighted by Gasteiger charge is -2.22. The molecular weight excluding hydrogens is 202 g/mol. The van der Waals surface area contributed by atoms with E-state index in [9.17, 15) is 0 Å². The van der Waals surface area contributed by atoms with Crippen molar-refractivity contribution < 1.29 is 4.74 Å². The van der Waals surface area contributed by atoms with Crippen LogP contribution in [0.1, 0.15) is 26.7 Å². The summed E-state index contributed by atoms with van der Waals surface area (Å²) in [5, 5.41) is 6.57. The molecule has 2 atom stereocenters. The second-order valence-electron chi connectivity index (χ2n) is 3.99. The van der Waals surface area contributed by atoms with E-state index < -0.39 is 0 Å². The molecule has 0 radical (unpaired) electrons. The molecule has 1 heterocycles. The molecular formula is C12H23N3O. The van der Waals surface area contributed by atoms with Crippen LogP contribution >= 0.6 is 0 Å². The van der Waals surface area contributed by atoms with E-state index in [0.29, 0.717) is 18.7 Å². The lowest BCUT2D eigenvalue weighted by atomic mass is 10.1. The number of ether oxygens (including phenoxy) is 1. The molecule has 1 aliphatic rings. The predicted molar refractivity (Wildman–Crippen MR) is 67.7 cm³/mol. The van der Waals surface area contributed by atoms with Gasteiger partial charge < -0.3 is 15.4 Å². The Balaban J connectivity index is 2.42. The van der Waals surface area contributed by atoms with Crippen LogP contribution in [0, 0.1) is 0 Å². The average molecular weight is 225 g/mol. The Kier molecular flexibility index (Phi) is 5.93. The zero-order chi connectivity index (χ0) is 11.8. The van der Waals surface area contributed by atoms with Crippen molar-refractivity contribution in [1.82, 2.24) is 10.6 Å². The van der Waals surface area contributed by atoms with Gasteiger partial charge in [0.2, 0.25) is 0 Å². The van der Waals surface area contributed by atoms with Crippen LogP contribution in [0.4, 0.5) is 0 Å². The van der Waals surface area contributed by atoms with Crippen molar-refractivity contribution in [3.8, 4) is 0 Å². The van der Waals surface area contributed by atoms with Crippen molar-refractivity contribution in [2.75, 3.05) is 19.7 Å². The van der Waals surface area contributed by atoms with Gasteiger partial charge >= 0.3 is 0 Å². The Morgan fingerprint density at radius 1 is 1.69 bits per heavy atom. The first-order chi connectivity index (χ1) is 7.77. The molecule has 0 spiro atoms. The second-order valence-corrected chi connectivity index (χ2v) is 3.99. The number of nitrogens with zero attached hydrogens (tertiary/aromatic N) is 1. The van der Waals surface area contributed by atoms with Crippen LogP contribution in [0.2, 0.25) is 0 Å². The molecule has 1 aliphatic heterocycles. The van der Waals surface area contributed by atoms with Crippen molar-refractivity contribution in [2.24, 2.45) is 4.99 Å². The molecule has 0 aromatic carbocycles. The van der Waals surface area contributed by atoms with E-state index >= 15 is 0 Å². The minimum atomic E-state index is 0.296. The summed E-state index contributed by atoms with van der Waals surface area (Å²) in [4.78, 5) is 4.36. The maximum Gasteiger partial charge on any atom is 0.191 e. The van der Waals surface area contributed by atoms with Gasteiger partial charge in [-0.25, -0.2) is 4.99 Å². The van der Waals surface area contributed by atoms with Crippen LogP contribution in [0.25, 0.3) is 0 Å². The first kappa shape index (κ1) is 13.0. The highest BCUT2D eigenvalue weighted by Crippen LogP contribution is 2.15. The second kappa shape index (κ2) is 7.28. The molecule has 2 N–H and O–H groups in total.